The fourth-order valence-electron chi connectivity index (χ4n) is 10.8. The van der Waals surface area contributed by atoms with Gasteiger partial charge in [0.05, 0.1) is 13.2 Å². The molecule has 3 aliphatic rings. The Morgan fingerprint density at radius 3 is 2.38 bits per heavy atom. The predicted octanol–water partition coefficient (Wildman–Crippen LogP) is 3.71. The van der Waals surface area contributed by atoms with Gasteiger partial charge in [-0.25, -0.2) is 4.39 Å². The molecule has 2 fully saturated rings. The molecule has 2 bridgehead atoms. The summed E-state index contributed by atoms with van der Waals surface area (Å²) >= 11 is 0. The summed E-state index contributed by atoms with van der Waals surface area (Å²) in [4.78, 5) is 123. The van der Waals surface area contributed by atoms with Gasteiger partial charge in [-0.1, -0.05) is 63.2 Å². The number of amides is 8. The number of rotatable bonds is 20. The summed E-state index contributed by atoms with van der Waals surface area (Å²) in [7, 11) is 2.88. The SMILES string of the molecule is C=C[C@@H](N)C(=O)NC12C[C@H]1c1cccc(c1)CNC(=O)CC[C@@](C)(C(=O)N[C@H](C(=O)N[C@@H](Cc1ccc(OC)cc1)C(=O)N1CCC[C@@]1(C)C(=O)NCCC)[C@@H](C)OCC(C)C)N(C)C(=O)[C@H](Cc1c[nH]c3ccc(F)cc13)NC2=O. The van der Waals surface area contributed by atoms with Crippen LogP contribution in [0.3, 0.4) is 0 Å². The van der Waals surface area contributed by atoms with E-state index in [1.165, 1.54) is 50.3 Å². The molecule has 1 aromatic heterocycles. The lowest BCUT2D eigenvalue weighted by Gasteiger charge is -2.41. The number of nitrogens with one attached hydrogen (secondary N) is 7. The van der Waals surface area contributed by atoms with E-state index in [-0.39, 0.29) is 63.6 Å². The summed E-state index contributed by atoms with van der Waals surface area (Å²) in [5.74, 6) is -5.84. The number of H-pyrrole nitrogens is 1. The van der Waals surface area contributed by atoms with Crippen LogP contribution >= 0.6 is 0 Å². The first-order chi connectivity index (χ1) is 38.5. The maximum Gasteiger partial charge on any atom is 0.247 e. The number of likely N-dealkylation sites (N-methyl/N-ethyl adjacent to an activating group) is 1. The number of methoxy groups -OCH3 is 1. The van der Waals surface area contributed by atoms with Crippen molar-refractivity contribution < 1.29 is 52.2 Å². The molecule has 9 atom stereocenters. The molecule has 81 heavy (non-hydrogen) atoms. The van der Waals surface area contributed by atoms with Gasteiger partial charge in [0.25, 0.3) is 0 Å². The van der Waals surface area contributed by atoms with E-state index in [0.29, 0.717) is 64.7 Å². The molecule has 20 nitrogen and oxygen atoms in total. The first-order valence-electron chi connectivity index (χ1n) is 27.8. The van der Waals surface area contributed by atoms with Crippen LogP contribution < -0.4 is 42.4 Å². The fourth-order valence-corrected chi connectivity index (χ4v) is 10.8. The number of halogens is 1. The molecule has 7 rings (SSSR count). The molecule has 1 saturated carbocycles. The number of benzene rings is 3. The molecule has 0 radical (unpaired) electrons. The highest BCUT2D eigenvalue weighted by atomic mass is 19.1. The molecule has 4 aromatic rings. The lowest BCUT2D eigenvalue weighted by Crippen LogP contribution is -2.66. The number of aromatic nitrogens is 1. The van der Waals surface area contributed by atoms with E-state index in [4.69, 9.17) is 15.2 Å². The van der Waals surface area contributed by atoms with Gasteiger partial charge < -0.3 is 61.9 Å². The smallest absolute Gasteiger partial charge is 0.247 e. The third-order valence-electron chi connectivity index (χ3n) is 16.1. The third kappa shape index (κ3) is 13.8. The van der Waals surface area contributed by atoms with Crippen molar-refractivity contribution >= 4 is 58.2 Å². The Kier molecular flexibility index (Phi) is 19.5. The predicted molar refractivity (Wildman–Crippen MR) is 302 cm³/mol. The molecule has 1 unspecified atom stereocenters. The molecule has 8 amide bonds. The number of likely N-dealkylation sites (tertiary alicyclic amines) is 1. The van der Waals surface area contributed by atoms with Crippen molar-refractivity contribution in [3.8, 4) is 5.75 Å². The van der Waals surface area contributed by atoms with Crippen LogP contribution in [0.5, 0.6) is 5.75 Å². The molecule has 1 saturated heterocycles. The van der Waals surface area contributed by atoms with Gasteiger partial charge in [-0.3, -0.25) is 38.4 Å². The van der Waals surface area contributed by atoms with E-state index in [0.717, 1.165) is 4.90 Å². The summed E-state index contributed by atoms with van der Waals surface area (Å²) in [5, 5.41) is 17.8. The quantitative estimate of drug-likeness (QED) is 0.0591. The van der Waals surface area contributed by atoms with Crippen LogP contribution in [0.15, 0.2) is 85.6 Å². The highest BCUT2D eigenvalue weighted by Gasteiger charge is 2.62. The summed E-state index contributed by atoms with van der Waals surface area (Å²) in [6.07, 6.45) is 2.62. The van der Waals surface area contributed by atoms with Crippen molar-refractivity contribution in [2.45, 2.75) is 152 Å². The monoisotopic (exact) mass is 1120 g/mol. The maximum atomic E-state index is 15.6. The fraction of sp³-hybridized carbons (Fsp3) is 0.500. The second kappa shape index (κ2) is 25.9. The van der Waals surface area contributed by atoms with Crippen LogP contribution in [-0.2, 0) is 62.5 Å². The van der Waals surface area contributed by atoms with E-state index in [1.807, 2.05) is 26.8 Å². The Morgan fingerprint density at radius 2 is 1.69 bits per heavy atom. The van der Waals surface area contributed by atoms with E-state index in [9.17, 15) is 23.6 Å². The molecule has 2 aliphatic heterocycles. The molecule has 9 N–H and O–H groups in total. The summed E-state index contributed by atoms with van der Waals surface area (Å²) in [6, 6.07) is 12.8. The van der Waals surface area contributed by atoms with E-state index < -0.39 is 100.0 Å². The van der Waals surface area contributed by atoms with Gasteiger partial charge >= 0.3 is 0 Å². The lowest BCUT2D eigenvalue weighted by molar-refractivity contribution is -0.151. The van der Waals surface area contributed by atoms with E-state index >= 15 is 19.2 Å². The van der Waals surface area contributed by atoms with E-state index in [1.54, 1.807) is 62.5 Å². The normalized spacial score (nSPS) is 23.7. The molecule has 3 aromatic carbocycles. The van der Waals surface area contributed by atoms with Crippen molar-refractivity contribution in [2.75, 3.05) is 33.9 Å². The second-order valence-corrected chi connectivity index (χ2v) is 22.5. The van der Waals surface area contributed by atoms with Crippen molar-refractivity contribution in [1.29, 1.82) is 0 Å². The van der Waals surface area contributed by atoms with Crippen LogP contribution in [0.2, 0.25) is 0 Å². The van der Waals surface area contributed by atoms with Crippen molar-refractivity contribution in [2.24, 2.45) is 11.7 Å². The van der Waals surface area contributed by atoms with Gasteiger partial charge in [0.2, 0.25) is 47.3 Å². The topological polar surface area (TPSA) is 275 Å². The Hall–Kier alpha value is -7.65. The average Bonchev–Trinajstić information content (AvgIpc) is 4.10. The number of hydrogen-bond donors (Lipinski definition) is 8. The third-order valence-corrected chi connectivity index (χ3v) is 16.1. The number of hydrogen-bond acceptors (Lipinski definition) is 11. The Bertz CT molecular complexity index is 3010. The van der Waals surface area contributed by atoms with Crippen molar-refractivity contribution in [3.63, 3.8) is 0 Å². The van der Waals surface area contributed by atoms with Crippen LogP contribution in [-0.4, -0.2) is 143 Å². The van der Waals surface area contributed by atoms with Gasteiger partial charge in [-0.2, -0.15) is 0 Å². The van der Waals surface area contributed by atoms with Crippen LogP contribution in [0.25, 0.3) is 10.9 Å². The largest absolute Gasteiger partial charge is 0.497 e. The van der Waals surface area contributed by atoms with E-state index in [2.05, 4.69) is 43.5 Å². The van der Waals surface area contributed by atoms with Crippen LogP contribution in [0.1, 0.15) is 108 Å². The highest BCUT2D eigenvalue weighted by molar-refractivity contribution is 6.02. The second-order valence-electron chi connectivity index (χ2n) is 22.5. The number of carbonyl (C=O) groups excluding carboxylic acids is 8. The zero-order valence-corrected chi connectivity index (χ0v) is 47.7. The lowest BCUT2D eigenvalue weighted by atomic mass is 9.90. The van der Waals surface area contributed by atoms with Gasteiger partial charge in [-0.15, -0.1) is 6.58 Å². The van der Waals surface area contributed by atoms with Gasteiger partial charge in [-0.05, 0) is 111 Å². The number of ether oxygens (including phenoxy) is 2. The minimum Gasteiger partial charge on any atom is -0.497 e. The Balaban J connectivity index is 1.28. The molecule has 3 heterocycles. The van der Waals surface area contributed by atoms with Gasteiger partial charge in [0.1, 0.15) is 52.4 Å². The van der Waals surface area contributed by atoms with Crippen molar-refractivity contribution in [1.82, 2.24) is 46.7 Å². The number of fused-ring (bicyclic) bond motifs is 5. The minimum atomic E-state index is -1.98. The minimum absolute atomic E-state index is 0.0169. The van der Waals surface area contributed by atoms with Gasteiger partial charge in [0.15, 0.2) is 0 Å². The zero-order chi connectivity index (χ0) is 59.0. The zero-order valence-electron chi connectivity index (χ0n) is 47.7. The summed E-state index contributed by atoms with van der Waals surface area (Å²) < 4.78 is 26.5. The molecular weight excluding hydrogens is 1040 g/mol. The Labute approximate surface area is 472 Å². The number of carbonyl (C=O) groups is 8. The van der Waals surface area contributed by atoms with Crippen LogP contribution in [0, 0.1) is 11.7 Å². The Morgan fingerprint density at radius 1 is 0.951 bits per heavy atom. The summed E-state index contributed by atoms with van der Waals surface area (Å²) in [5.41, 5.74) is 4.27. The number of aromatic amines is 1. The first-order valence-corrected chi connectivity index (χ1v) is 27.8. The van der Waals surface area contributed by atoms with Crippen molar-refractivity contribution in [3.05, 3.63) is 114 Å². The number of nitrogens with zero attached hydrogens (tertiary/aromatic N) is 2. The number of nitrogens with two attached hydrogens (primary N) is 1. The highest BCUT2D eigenvalue weighted by Crippen LogP contribution is 2.52. The molecule has 1 aliphatic carbocycles. The molecule has 21 heteroatoms. The molecule has 436 valence electrons. The maximum absolute atomic E-state index is 15.6. The standard InChI is InChI=1S/C60H79FN10O10/c1-10-25-63-55(77)59(7)23-13-26-71(59)54(76)47(28-37-16-19-42(80-9)20-17-37)66-52(74)50(36(5)81-34-35(3)4)68-56(78)58(6)24-22-49(72)65-32-38-14-12-15-39(27-38)44-31-60(44,69-51(73)45(62)11-2)57(79)67-48(53(75)70(58)8)29-40-33-64-46-21-18-41(61)30-43(40)46/h11-12,14-21,27,30,33,35-36,44-45,47-48,50,64H,2,10,13,22-26,28-29,31-32,34,62H2,1,3-9H3,(H,63,77)(H,65,72)(H,66,74)(H,67,79)(H,68,78)(H,69,73)/t36-,44+,45-,47+,48+,50+,58+,59+,60?/m1/s1. The van der Waals surface area contributed by atoms with Gasteiger partial charge in [0, 0.05) is 75.6 Å². The first kappa shape index (κ1) is 61.0. The summed E-state index contributed by atoms with van der Waals surface area (Å²) in [6.45, 7) is 15.0. The molecule has 0 spiro atoms. The molecular formula is C60H79FN10O10. The average molecular weight is 1120 g/mol. The van der Waals surface area contributed by atoms with Crippen LogP contribution in [0.4, 0.5) is 4.39 Å².